The number of nitrogens with one attached hydrogen (secondary N) is 2. The number of fused-ring (bicyclic) bond motifs is 2. The molecule has 2 fully saturated rings. The first-order valence-corrected chi connectivity index (χ1v) is 10.3. The van der Waals surface area contributed by atoms with Crippen LogP contribution in [0.3, 0.4) is 0 Å². The Balaban J connectivity index is 1.73. The van der Waals surface area contributed by atoms with Crippen molar-refractivity contribution in [2.24, 2.45) is 11.8 Å². The average Bonchev–Trinajstić information content (AvgIpc) is 3.16. The first-order chi connectivity index (χ1) is 14.2. The Kier molecular flexibility index (Phi) is 6.50. The summed E-state index contributed by atoms with van der Waals surface area (Å²) in [5.41, 5.74) is -2.09. The lowest BCUT2D eigenvalue weighted by atomic mass is 9.96. The number of amides is 1. The van der Waals surface area contributed by atoms with E-state index in [0.29, 0.717) is 12.3 Å². The van der Waals surface area contributed by atoms with Crippen LogP contribution in [0.4, 0.5) is 0 Å². The van der Waals surface area contributed by atoms with Crippen LogP contribution in [0.1, 0.15) is 52.3 Å². The van der Waals surface area contributed by atoms with Crippen LogP contribution in [-0.2, 0) is 14.3 Å². The summed E-state index contributed by atoms with van der Waals surface area (Å²) >= 11 is 0. The third-order valence-electron chi connectivity index (χ3n) is 5.69. The van der Waals surface area contributed by atoms with Crippen molar-refractivity contribution in [2.45, 2.75) is 64.6 Å². The van der Waals surface area contributed by atoms with Gasteiger partial charge in [-0.3, -0.25) is 19.1 Å². The summed E-state index contributed by atoms with van der Waals surface area (Å²) in [5.74, 6) is 5.63. The molecule has 0 aromatic carbocycles. The predicted molar refractivity (Wildman–Crippen MR) is 109 cm³/mol. The maximum atomic E-state index is 12.3. The largest absolute Gasteiger partial charge is 0.387 e. The molecule has 2 aliphatic rings. The summed E-state index contributed by atoms with van der Waals surface area (Å²) in [6, 6.07) is 0. The zero-order chi connectivity index (χ0) is 22.1. The fraction of sp³-hybridized carbons (Fsp3) is 0.667. The molecular weight excluding hydrogens is 390 g/mol. The number of nitrogens with zero attached hydrogens (tertiary/aromatic N) is 1. The van der Waals surface area contributed by atoms with Crippen molar-refractivity contribution < 1.29 is 19.4 Å². The highest BCUT2D eigenvalue weighted by Crippen LogP contribution is 2.46. The first kappa shape index (κ1) is 22.3. The molecule has 1 aromatic rings. The van der Waals surface area contributed by atoms with Gasteiger partial charge >= 0.3 is 5.69 Å². The van der Waals surface area contributed by atoms with E-state index in [9.17, 15) is 19.5 Å². The van der Waals surface area contributed by atoms with Gasteiger partial charge in [0.15, 0.2) is 6.23 Å². The monoisotopic (exact) mass is 419 g/mol. The van der Waals surface area contributed by atoms with E-state index in [1.165, 1.54) is 10.8 Å². The smallest absolute Gasteiger partial charge is 0.330 e. The van der Waals surface area contributed by atoms with Gasteiger partial charge in [0.2, 0.25) is 5.91 Å². The molecule has 2 aliphatic heterocycles. The molecule has 0 saturated carbocycles. The highest BCUT2D eigenvalue weighted by atomic mass is 16.6. The molecule has 164 valence electrons. The molecule has 2 saturated heterocycles. The Morgan fingerprint density at radius 2 is 2.17 bits per heavy atom. The van der Waals surface area contributed by atoms with Crippen molar-refractivity contribution in [3.05, 3.63) is 32.6 Å². The lowest BCUT2D eigenvalue weighted by Crippen LogP contribution is -2.41. The quantitative estimate of drug-likeness (QED) is 0.563. The molecule has 5 atom stereocenters. The number of aromatic amines is 1. The summed E-state index contributed by atoms with van der Waals surface area (Å²) < 4.78 is 12.8. The van der Waals surface area contributed by atoms with E-state index in [2.05, 4.69) is 36.0 Å². The lowest BCUT2D eigenvalue weighted by Gasteiger charge is -2.30. The van der Waals surface area contributed by atoms with Crippen molar-refractivity contribution in [2.75, 3.05) is 13.2 Å². The lowest BCUT2D eigenvalue weighted by molar-refractivity contribution is -0.175. The molecule has 1 amide bonds. The van der Waals surface area contributed by atoms with Crippen LogP contribution in [0.25, 0.3) is 0 Å². The van der Waals surface area contributed by atoms with E-state index in [1.807, 2.05) is 13.8 Å². The second kappa shape index (κ2) is 8.76. The number of hydrogen-bond donors (Lipinski definition) is 3. The Hall–Kier alpha value is -2.41. The summed E-state index contributed by atoms with van der Waals surface area (Å²) in [5, 5.41) is 13.2. The number of ether oxygens (including phenoxy) is 2. The van der Waals surface area contributed by atoms with Gasteiger partial charge in [-0.1, -0.05) is 39.5 Å². The molecule has 0 aliphatic carbocycles. The van der Waals surface area contributed by atoms with Crippen LogP contribution < -0.4 is 16.6 Å². The van der Waals surface area contributed by atoms with Crippen molar-refractivity contribution in [3.8, 4) is 11.8 Å². The third kappa shape index (κ3) is 4.21. The Labute approximate surface area is 174 Å². The summed E-state index contributed by atoms with van der Waals surface area (Å²) in [6.45, 7) is 8.18. The zero-order valence-electron chi connectivity index (χ0n) is 17.7. The normalized spacial score (nSPS) is 28.3. The SMILES string of the molecule is CC[C@]12CO[C@@H](C1O)[C@H](n1cc(C#CCNC(=O)C(C)CC(C)C)c(=O)[nH]c1=O)O2. The van der Waals surface area contributed by atoms with Gasteiger partial charge < -0.3 is 19.9 Å². The standard InChI is InChI=1S/C21H29N3O6/c1-5-21-11-29-15(16(21)25)19(30-21)24-10-14(18(27)23-20(24)28)7-6-8-22-17(26)13(4)9-12(2)3/h10,12-13,15-16,19,25H,5,8-9,11H2,1-4H3,(H,22,26)(H,23,27,28)/t13?,15-,16?,19+,21-/m0/s1. The number of hydrogen-bond acceptors (Lipinski definition) is 6. The van der Waals surface area contributed by atoms with Crippen LogP contribution in [-0.4, -0.2) is 51.5 Å². The molecule has 9 heteroatoms. The molecule has 3 rings (SSSR count). The maximum absolute atomic E-state index is 12.3. The number of rotatable bonds is 6. The van der Waals surface area contributed by atoms with Crippen LogP contribution in [0.15, 0.2) is 15.8 Å². The van der Waals surface area contributed by atoms with Crippen LogP contribution in [0.5, 0.6) is 0 Å². The molecule has 2 unspecified atom stereocenters. The molecule has 1 aromatic heterocycles. The summed E-state index contributed by atoms with van der Waals surface area (Å²) in [7, 11) is 0. The predicted octanol–water partition coefficient (Wildman–Crippen LogP) is 0.124. The van der Waals surface area contributed by atoms with Gasteiger partial charge in [0.1, 0.15) is 23.4 Å². The van der Waals surface area contributed by atoms with E-state index in [4.69, 9.17) is 9.47 Å². The molecule has 0 spiro atoms. The minimum atomic E-state index is -0.857. The van der Waals surface area contributed by atoms with Gasteiger partial charge in [0.05, 0.1) is 13.2 Å². The zero-order valence-corrected chi connectivity index (χ0v) is 17.7. The molecule has 3 heterocycles. The van der Waals surface area contributed by atoms with Crippen molar-refractivity contribution in [1.82, 2.24) is 14.9 Å². The fourth-order valence-electron chi connectivity index (χ4n) is 3.99. The third-order valence-corrected chi connectivity index (χ3v) is 5.69. The second-order valence-electron chi connectivity index (χ2n) is 8.41. The molecular formula is C21H29N3O6. The van der Waals surface area contributed by atoms with Gasteiger partial charge in [-0.15, -0.1) is 0 Å². The summed E-state index contributed by atoms with van der Waals surface area (Å²) in [4.78, 5) is 38.7. The molecule has 9 nitrogen and oxygen atoms in total. The maximum Gasteiger partial charge on any atom is 0.330 e. The minimum Gasteiger partial charge on any atom is -0.387 e. The number of aliphatic hydroxyl groups excluding tert-OH is 1. The summed E-state index contributed by atoms with van der Waals surface area (Å²) in [6.07, 6.45) is 0.207. The van der Waals surface area contributed by atoms with Gasteiger partial charge in [0.25, 0.3) is 5.56 Å². The molecule has 0 radical (unpaired) electrons. The number of carbonyl (C=O) groups excluding carboxylic acids is 1. The number of H-pyrrole nitrogens is 1. The van der Waals surface area contributed by atoms with Crippen molar-refractivity contribution in [3.63, 3.8) is 0 Å². The van der Waals surface area contributed by atoms with Crippen molar-refractivity contribution >= 4 is 5.91 Å². The van der Waals surface area contributed by atoms with Gasteiger partial charge in [0, 0.05) is 12.1 Å². The Morgan fingerprint density at radius 3 is 2.80 bits per heavy atom. The van der Waals surface area contributed by atoms with Crippen LogP contribution >= 0.6 is 0 Å². The highest BCUT2D eigenvalue weighted by Gasteiger charge is 2.60. The minimum absolute atomic E-state index is 0.0606. The topological polar surface area (TPSA) is 123 Å². The van der Waals surface area contributed by atoms with Gasteiger partial charge in [-0.25, -0.2) is 4.79 Å². The second-order valence-corrected chi connectivity index (χ2v) is 8.41. The number of carbonyl (C=O) groups is 1. The average molecular weight is 419 g/mol. The Morgan fingerprint density at radius 1 is 1.43 bits per heavy atom. The van der Waals surface area contributed by atoms with Gasteiger partial charge in [-0.2, -0.15) is 0 Å². The Bertz CT molecular complexity index is 971. The van der Waals surface area contributed by atoms with Gasteiger partial charge in [-0.05, 0) is 18.8 Å². The van der Waals surface area contributed by atoms with E-state index in [0.717, 1.165) is 6.42 Å². The van der Waals surface area contributed by atoms with Crippen LogP contribution in [0, 0.1) is 23.7 Å². The molecule has 2 bridgehead atoms. The van der Waals surface area contributed by atoms with Crippen LogP contribution in [0.2, 0.25) is 0 Å². The fourth-order valence-corrected chi connectivity index (χ4v) is 3.99. The van der Waals surface area contributed by atoms with E-state index in [-0.39, 0.29) is 30.5 Å². The first-order valence-electron chi connectivity index (χ1n) is 10.3. The number of aliphatic hydroxyl groups is 1. The van der Waals surface area contributed by atoms with E-state index in [1.54, 1.807) is 0 Å². The molecule has 3 N–H and O–H groups in total. The van der Waals surface area contributed by atoms with E-state index < -0.39 is 35.3 Å². The van der Waals surface area contributed by atoms with Crippen molar-refractivity contribution in [1.29, 1.82) is 0 Å². The number of aromatic nitrogens is 2. The molecule has 30 heavy (non-hydrogen) atoms. The van der Waals surface area contributed by atoms with E-state index >= 15 is 0 Å². The highest BCUT2D eigenvalue weighted by molar-refractivity contribution is 5.78.